The number of ether oxygens (including phenoxy) is 1. The van der Waals surface area contributed by atoms with Gasteiger partial charge in [-0.05, 0) is 73.1 Å². The first kappa shape index (κ1) is 27.3. The van der Waals surface area contributed by atoms with Crippen LogP contribution in [0.1, 0.15) is 22.3 Å². The van der Waals surface area contributed by atoms with E-state index in [0.29, 0.717) is 44.6 Å². The van der Waals surface area contributed by atoms with E-state index in [1.807, 2.05) is 24.3 Å². The highest BCUT2D eigenvalue weighted by Crippen LogP contribution is 2.26. The van der Waals surface area contributed by atoms with Crippen LogP contribution >= 0.6 is 23.4 Å². The number of carbonyl (C=O) groups excluding carboxylic acids is 1. The summed E-state index contributed by atoms with van der Waals surface area (Å²) in [6, 6.07) is 18.1. The molecule has 0 saturated carbocycles. The number of hydrogen-bond acceptors (Lipinski definition) is 6. The molecule has 3 aromatic carbocycles. The van der Waals surface area contributed by atoms with Gasteiger partial charge in [0.15, 0.2) is 5.16 Å². The molecule has 0 bridgehead atoms. The first-order valence-corrected chi connectivity index (χ1v) is 14.1. The lowest BCUT2D eigenvalue weighted by atomic mass is 10.1. The van der Waals surface area contributed by atoms with Crippen LogP contribution in [0.4, 0.5) is 4.39 Å². The Bertz CT molecular complexity index is 1510. The van der Waals surface area contributed by atoms with E-state index in [0.717, 1.165) is 44.8 Å². The lowest BCUT2D eigenvalue weighted by molar-refractivity contribution is 0.0374. The summed E-state index contributed by atoms with van der Waals surface area (Å²) < 4.78 is 20.5. The van der Waals surface area contributed by atoms with Crippen LogP contribution in [0.3, 0.4) is 0 Å². The SMILES string of the molecule is O=C(NCCCN1CCOCC1)c1ccc2c(=O)n(-c3ccc(F)cc3)c(SCc3ccc(Cl)cc3)nc2c1. The average Bonchev–Trinajstić information content (AvgIpc) is 2.96. The Balaban J connectivity index is 1.39. The summed E-state index contributed by atoms with van der Waals surface area (Å²) >= 11 is 7.39. The summed E-state index contributed by atoms with van der Waals surface area (Å²) in [6.45, 7) is 4.78. The highest BCUT2D eigenvalue weighted by atomic mass is 35.5. The molecule has 1 aliphatic rings. The fraction of sp³-hybridized carbons (Fsp3) is 0.276. The van der Waals surface area contributed by atoms with Gasteiger partial charge in [-0.25, -0.2) is 9.37 Å². The molecule has 39 heavy (non-hydrogen) atoms. The van der Waals surface area contributed by atoms with Crippen LogP contribution in [0.2, 0.25) is 5.02 Å². The molecule has 0 aliphatic carbocycles. The summed E-state index contributed by atoms with van der Waals surface area (Å²) in [6.07, 6.45) is 0.839. The van der Waals surface area contributed by atoms with Gasteiger partial charge in [-0.1, -0.05) is 35.5 Å². The minimum absolute atomic E-state index is 0.209. The van der Waals surface area contributed by atoms with Crippen molar-refractivity contribution in [3.63, 3.8) is 0 Å². The molecule has 0 spiro atoms. The average molecular weight is 567 g/mol. The maximum absolute atomic E-state index is 13.6. The molecule has 202 valence electrons. The van der Waals surface area contributed by atoms with Gasteiger partial charge in [0.05, 0.1) is 29.8 Å². The number of aromatic nitrogens is 2. The summed E-state index contributed by atoms with van der Waals surface area (Å²) in [7, 11) is 0. The summed E-state index contributed by atoms with van der Waals surface area (Å²) in [5.41, 5.74) is 2.10. The molecule has 0 unspecified atom stereocenters. The van der Waals surface area contributed by atoms with E-state index in [4.69, 9.17) is 21.3 Å². The molecule has 1 N–H and O–H groups in total. The van der Waals surface area contributed by atoms with Gasteiger partial charge in [0.25, 0.3) is 11.5 Å². The van der Waals surface area contributed by atoms with Crippen molar-refractivity contribution >= 4 is 40.2 Å². The maximum atomic E-state index is 13.6. The fourth-order valence-corrected chi connectivity index (χ4v) is 5.48. The minimum atomic E-state index is -0.392. The molecule has 1 amide bonds. The molecule has 4 aromatic rings. The van der Waals surface area contributed by atoms with Crippen LogP contribution in [0.25, 0.3) is 16.6 Å². The van der Waals surface area contributed by atoms with E-state index in [9.17, 15) is 14.0 Å². The van der Waals surface area contributed by atoms with Crippen LogP contribution in [-0.4, -0.2) is 59.8 Å². The van der Waals surface area contributed by atoms with Crippen LogP contribution in [0.15, 0.2) is 76.7 Å². The number of morpholine rings is 1. The molecule has 1 aromatic heterocycles. The number of halogens is 2. The summed E-state index contributed by atoms with van der Waals surface area (Å²) in [5.74, 6) is -0.0603. The molecule has 0 radical (unpaired) electrons. The second-order valence-corrected chi connectivity index (χ2v) is 10.6. The number of fused-ring (bicyclic) bond motifs is 1. The maximum Gasteiger partial charge on any atom is 0.266 e. The first-order chi connectivity index (χ1) is 19.0. The van der Waals surface area contributed by atoms with Crippen molar-refractivity contribution in [1.29, 1.82) is 0 Å². The zero-order valence-electron chi connectivity index (χ0n) is 21.2. The Morgan fingerprint density at radius 2 is 1.79 bits per heavy atom. The lowest BCUT2D eigenvalue weighted by Crippen LogP contribution is -2.38. The van der Waals surface area contributed by atoms with Gasteiger partial charge in [0, 0.05) is 36.0 Å². The molecule has 2 heterocycles. The zero-order chi connectivity index (χ0) is 27.2. The molecular formula is C29H28ClFN4O3S. The van der Waals surface area contributed by atoms with Gasteiger partial charge in [-0.3, -0.25) is 19.1 Å². The first-order valence-electron chi connectivity index (χ1n) is 12.8. The Labute approximate surface area is 234 Å². The second-order valence-electron chi connectivity index (χ2n) is 9.22. The number of amides is 1. The Morgan fingerprint density at radius 1 is 1.05 bits per heavy atom. The van der Waals surface area contributed by atoms with Crippen LogP contribution in [0.5, 0.6) is 0 Å². The third kappa shape index (κ3) is 6.86. The molecular weight excluding hydrogens is 539 g/mol. The van der Waals surface area contributed by atoms with Crippen molar-refractivity contribution in [3.8, 4) is 5.69 Å². The number of carbonyl (C=O) groups is 1. The summed E-state index contributed by atoms with van der Waals surface area (Å²) in [4.78, 5) is 33.6. The van der Waals surface area contributed by atoms with Crippen molar-refractivity contribution in [2.45, 2.75) is 17.3 Å². The third-order valence-corrected chi connectivity index (χ3v) is 7.77. The highest BCUT2D eigenvalue weighted by Gasteiger charge is 2.16. The zero-order valence-corrected chi connectivity index (χ0v) is 22.8. The topological polar surface area (TPSA) is 76.5 Å². The minimum Gasteiger partial charge on any atom is -0.379 e. The van der Waals surface area contributed by atoms with Crippen LogP contribution in [-0.2, 0) is 10.5 Å². The van der Waals surface area contributed by atoms with Gasteiger partial charge in [0.2, 0.25) is 0 Å². The van der Waals surface area contributed by atoms with Crippen molar-refractivity contribution in [3.05, 3.63) is 99.1 Å². The molecule has 0 atom stereocenters. The fourth-order valence-electron chi connectivity index (χ4n) is 4.38. The van der Waals surface area contributed by atoms with Crippen molar-refractivity contribution in [1.82, 2.24) is 19.8 Å². The molecule has 10 heteroatoms. The van der Waals surface area contributed by atoms with Gasteiger partial charge in [-0.15, -0.1) is 0 Å². The Morgan fingerprint density at radius 3 is 2.54 bits per heavy atom. The van der Waals surface area contributed by atoms with Gasteiger partial charge in [-0.2, -0.15) is 0 Å². The van der Waals surface area contributed by atoms with E-state index in [1.165, 1.54) is 28.5 Å². The number of nitrogens with zero attached hydrogens (tertiary/aromatic N) is 3. The summed E-state index contributed by atoms with van der Waals surface area (Å²) in [5, 5.41) is 4.42. The van der Waals surface area contributed by atoms with Gasteiger partial charge in [0.1, 0.15) is 5.82 Å². The monoisotopic (exact) mass is 566 g/mol. The normalized spacial score (nSPS) is 14.0. The molecule has 1 aliphatic heterocycles. The van der Waals surface area contributed by atoms with Crippen LogP contribution < -0.4 is 10.9 Å². The van der Waals surface area contributed by atoms with E-state index in [1.54, 1.807) is 30.3 Å². The molecule has 5 rings (SSSR count). The quantitative estimate of drug-likeness (QED) is 0.176. The number of hydrogen-bond donors (Lipinski definition) is 1. The lowest BCUT2D eigenvalue weighted by Gasteiger charge is -2.26. The van der Waals surface area contributed by atoms with Crippen molar-refractivity contribution in [2.75, 3.05) is 39.4 Å². The number of thioether (sulfide) groups is 1. The predicted molar refractivity (Wildman–Crippen MR) is 153 cm³/mol. The third-order valence-electron chi connectivity index (χ3n) is 6.51. The predicted octanol–water partition coefficient (Wildman–Crippen LogP) is 4.92. The van der Waals surface area contributed by atoms with E-state index in [-0.39, 0.29) is 11.5 Å². The van der Waals surface area contributed by atoms with Gasteiger partial charge < -0.3 is 10.1 Å². The van der Waals surface area contributed by atoms with Crippen molar-refractivity contribution < 1.29 is 13.9 Å². The Kier molecular flexibility index (Phi) is 8.93. The van der Waals surface area contributed by atoms with E-state index in [2.05, 4.69) is 10.2 Å². The van der Waals surface area contributed by atoms with Gasteiger partial charge >= 0.3 is 0 Å². The van der Waals surface area contributed by atoms with E-state index < -0.39 is 5.82 Å². The van der Waals surface area contributed by atoms with Crippen LogP contribution in [0, 0.1) is 5.82 Å². The Hall–Kier alpha value is -3.24. The number of nitrogens with one attached hydrogen (secondary N) is 1. The van der Waals surface area contributed by atoms with E-state index >= 15 is 0 Å². The second kappa shape index (κ2) is 12.7. The standard InChI is InChI=1S/C29H28ClFN4O3S/c30-22-5-2-20(3-6-22)19-39-29-33-26-18-21(27(36)32-12-1-13-34-14-16-38-17-15-34)4-11-25(26)28(37)35(29)24-9-7-23(31)8-10-24/h2-11,18H,1,12-17,19H2,(H,32,36). The smallest absolute Gasteiger partial charge is 0.266 e. The molecule has 1 saturated heterocycles. The largest absolute Gasteiger partial charge is 0.379 e. The van der Waals surface area contributed by atoms with Crippen molar-refractivity contribution in [2.24, 2.45) is 0 Å². The molecule has 7 nitrogen and oxygen atoms in total. The number of rotatable bonds is 9. The molecule has 1 fully saturated rings. The number of benzene rings is 3. The highest BCUT2D eigenvalue weighted by molar-refractivity contribution is 7.98.